The van der Waals surface area contributed by atoms with Crippen molar-refractivity contribution in [3.63, 3.8) is 0 Å². The number of nitrogens with zero attached hydrogens (tertiary/aromatic N) is 1. The summed E-state index contributed by atoms with van der Waals surface area (Å²) in [7, 11) is 0. The third-order valence-electron chi connectivity index (χ3n) is 2.89. The van der Waals surface area contributed by atoms with Gasteiger partial charge in [-0.25, -0.2) is 4.99 Å². The zero-order valence-corrected chi connectivity index (χ0v) is 14.6. The van der Waals surface area contributed by atoms with Gasteiger partial charge in [0.05, 0.1) is 12.8 Å². The summed E-state index contributed by atoms with van der Waals surface area (Å²) >= 11 is 0. The SMILES string of the molecule is CCNC(=NCC(=O)NC(C)(C)C)NCC(C)(O)c1ccco1. The molecule has 1 amide bonds. The Morgan fingerprint density at radius 2 is 2.00 bits per heavy atom. The summed E-state index contributed by atoms with van der Waals surface area (Å²) < 4.78 is 5.23. The average Bonchev–Trinajstić information content (AvgIpc) is 2.95. The molecule has 0 aliphatic carbocycles. The summed E-state index contributed by atoms with van der Waals surface area (Å²) in [5, 5.41) is 19.3. The maximum absolute atomic E-state index is 11.8. The molecule has 0 aromatic carbocycles. The molecular formula is C16H28N4O3. The molecule has 0 saturated heterocycles. The van der Waals surface area contributed by atoms with E-state index in [1.807, 2.05) is 27.7 Å². The van der Waals surface area contributed by atoms with Gasteiger partial charge in [0.15, 0.2) is 5.96 Å². The van der Waals surface area contributed by atoms with E-state index in [0.29, 0.717) is 18.3 Å². The Hall–Kier alpha value is -2.02. The second-order valence-electron chi connectivity index (χ2n) is 6.60. The number of aliphatic imine (C=N–C) groups is 1. The number of carbonyl (C=O) groups is 1. The van der Waals surface area contributed by atoms with Crippen LogP contribution in [0.4, 0.5) is 0 Å². The molecule has 0 aliphatic heterocycles. The minimum absolute atomic E-state index is 0.00942. The number of amides is 1. The number of rotatable bonds is 6. The molecule has 1 heterocycles. The first-order valence-electron chi connectivity index (χ1n) is 7.73. The predicted molar refractivity (Wildman–Crippen MR) is 90.2 cm³/mol. The van der Waals surface area contributed by atoms with Crippen molar-refractivity contribution in [2.24, 2.45) is 4.99 Å². The summed E-state index contributed by atoms with van der Waals surface area (Å²) in [6, 6.07) is 3.43. The van der Waals surface area contributed by atoms with Crippen LogP contribution in [0.2, 0.25) is 0 Å². The smallest absolute Gasteiger partial charge is 0.242 e. The fraction of sp³-hybridized carbons (Fsp3) is 0.625. The summed E-state index contributed by atoms with van der Waals surface area (Å²) in [5.41, 5.74) is -1.46. The number of furan rings is 1. The number of hydrogen-bond donors (Lipinski definition) is 4. The Bertz CT molecular complexity index is 516. The molecule has 4 N–H and O–H groups in total. The summed E-state index contributed by atoms with van der Waals surface area (Å²) in [4.78, 5) is 16.0. The first kappa shape index (κ1) is 19.0. The normalized spacial score (nSPS) is 15.0. The summed E-state index contributed by atoms with van der Waals surface area (Å²) in [5.74, 6) is 0.766. The number of aliphatic hydroxyl groups is 1. The fourth-order valence-corrected chi connectivity index (χ4v) is 1.88. The largest absolute Gasteiger partial charge is 0.466 e. The molecule has 7 heteroatoms. The highest BCUT2D eigenvalue weighted by molar-refractivity contribution is 5.85. The van der Waals surface area contributed by atoms with E-state index in [-0.39, 0.29) is 24.5 Å². The predicted octanol–water partition coefficient (Wildman–Crippen LogP) is 0.957. The fourth-order valence-electron chi connectivity index (χ4n) is 1.88. The molecule has 0 saturated carbocycles. The van der Waals surface area contributed by atoms with E-state index in [9.17, 15) is 9.90 Å². The second kappa shape index (κ2) is 8.01. The Kier molecular flexibility index (Phi) is 6.62. The van der Waals surface area contributed by atoms with E-state index in [0.717, 1.165) is 0 Å². The number of guanidine groups is 1. The van der Waals surface area contributed by atoms with Gasteiger partial charge in [-0.15, -0.1) is 0 Å². The van der Waals surface area contributed by atoms with Gasteiger partial charge in [0, 0.05) is 12.1 Å². The van der Waals surface area contributed by atoms with Crippen LogP contribution in [0.15, 0.2) is 27.8 Å². The molecule has 0 radical (unpaired) electrons. The zero-order valence-electron chi connectivity index (χ0n) is 14.6. The van der Waals surface area contributed by atoms with Crippen molar-refractivity contribution in [2.45, 2.75) is 45.8 Å². The maximum atomic E-state index is 11.8. The third kappa shape index (κ3) is 7.19. The number of carbonyl (C=O) groups excluding carboxylic acids is 1. The molecule has 1 aromatic rings. The van der Waals surface area contributed by atoms with Crippen molar-refractivity contribution in [3.05, 3.63) is 24.2 Å². The first-order chi connectivity index (χ1) is 10.6. The third-order valence-corrected chi connectivity index (χ3v) is 2.89. The van der Waals surface area contributed by atoms with Crippen LogP contribution >= 0.6 is 0 Å². The molecule has 0 fully saturated rings. The molecule has 0 bridgehead atoms. The average molecular weight is 324 g/mol. The van der Waals surface area contributed by atoms with Crippen LogP contribution in [0.1, 0.15) is 40.4 Å². The van der Waals surface area contributed by atoms with Crippen LogP contribution in [-0.4, -0.2) is 42.1 Å². The van der Waals surface area contributed by atoms with Gasteiger partial charge in [0.2, 0.25) is 5.91 Å². The Labute approximate surface area is 137 Å². The highest BCUT2D eigenvalue weighted by Gasteiger charge is 2.26. The van der Waals surface area contributed by atoms with Crippen LogP contribution in [0.5, 0.6) is 0 Å². The quantitative estimate of drug-likeness (QED) is 0.461. The lowest BCUT2D eigenvalue weighted by Crippen LogP contribution is -2.46. The zero-order chi connectivity index (χ0) is 17.5. The molecule has 1 unspecified atom stereocenters. The van der Waals surface area contributed by atoms with Crippen molar-refractivity contribution in [3.8, 4) is 0 Å². The topological polar surface area (TPSA) is 98.9 Å². The van der Waals surface area contributed by atoms with Crippen molar-refractivity contribution in [1.29, 1.82) is 0 Å². The molecular weight excluding hydrogens is 296 g/mol. The molecule has 7 nitrogen and oxygen atoms in total. The van der Waals surface area contributed by atoms with Gasteiger partial charge < -0.3 is 25.5 Å². The summed E-state index contributed by atoms with van der Waals surface area (Å²) in [6.07, 6.45) is 1.51. The minimum atomic E-state index is -1.17. The first-order valence-corrected chi connectivity index (χ1v) is 7.73. The van der Waals surface area contributed by atoms with Crippen LogP contribution in [0, 0.1) is 0 Å². The van der Waals surface area contributed by atoms with E-state index >= 15 is 0 Å². The Morgan fingerprint density at radius 3 is 2.52 bits per heavy atom. The van der Waals surface area contributed by atoms with Gasteiger partial charge in [-0.2, -0.15) is 0 Å². The van der Waals surface area contributed by atoms with E-state index in [2.05, 4.69) is 20.9 Å². The van der Waals surface area contributed by atoms with Gasteiger partial charge in [0.1, 0.15) is 17.9 Å². The molecule has 0 aliphatic rings. The van der Waals surface area contributed by atoms with Crippen molar-refractivity contribution < 1.29 is 14.3 Å². The van der Waals surface area contributed by atoms with Crippen molar-refractivity contribution in [1.82, 2.24) is 16.0 Å². The minimum Gasteiger partial charge on any atom is -0.466 e. The van der Waals surface area contributed by atoms with E-state index in [1.165, 1.54) is 6.26 Å². The van der Waals surface area contributed by atoms with Crippen LogP contribution in [0.3, 0.4) is 0 Å². The highest BCUT2D eigenvalue weighted by Crippen LogP contribution is 2.19. The van der Waals surface area contributed by atoms with Gasteiger partial charge in [-0.3, -0.25) is 4.79 Å². The van der Waals surface area contributed by atoms with Gasteiger partial charge in [-0.1, -0.05) is 0 Å². The van der Waals surface area contributed by atoms with Crippen molar-refractivity contribution in [2.75, 3.05) is 19.6 Å². The monoisotopic (exact) mass is 324 g/mol. The number of hydrogen-bond acceptors (Lipinski definition) is 4. The number of nitrogens with one attached hydrogen (secondary N) is 3. The Morgan fingerprint density at radius 1 is 1.30 bits per heavy atom. The van der Waals surface area contributed by atoms with Crippen LogP contribution < -0.4 is 16.0 Å². The van der Waals surface area contributed by atoms with Crippen LogP contribution in [0.25, 0.3) is 0 Å². The molecule has 1 rings (SSSR count). The Balaban J connectivity index is 2.61. The molecule has 130 valence electrons. The van der Waals surface area contributed by atoms with Crippen molar-refractivity contribution >= 4 is 11.9 Å². The molecule has 0 spiro atoms. The molecule has 1 atom stereocenters. The highest BCUT2D eigenvalue weighted by atomic mass is 16.4. The second-order valence-corrected chi connectivity index (χ2v) is 6.60. The van der Waals surface area contributed by atoms with E-state index in [4.69, 9.17) is 4.42 Å². The standard InChI is InChI=1S/C16H28N4O3/c1-6-17-14(18-10-13(21)20-15(2,3)4)19-11-16(5,22)12-8-7-9-23-12/h7-9,22H,6,10-11H2,1-5H3,(H,20,21)(H2,17,18,19). The van der Waals surface area contributed by atoms with Gasteiger partial charge in [0.25, 0.3) is 0 Å². The molecule has 23 heavy (non-hydrogen) atoms. The van der Waals surface area contributed by atoms with Crippen LogP contribution in [-0.2, 0) is 10.4 Å². The lowest BCUT2D eigenvalue weighted by atomic mass is 10.0. The van der Waals surface area contributed by atoms with E-state index in [1.54, 1.807) is 19.1 Å². The summed E-state index contributed by atoms with van der Waals surface area (Å²) in [6.45, 7) is 10.2. The maximum Gasteiger partial charge on any atom is 0.242 e. The lowest BCUT2D eigenvalue weighted by molar-refractivity contribution is -0.121. The lowest BCUT2D eigenvalue weighted by Gasteiger charge is -2.23. The van der Waals surface area contributed by atoms with Gasteiger partial charge >= 0.3 is 0 Å². The van der Waals surface area contributed by atoms with Gasteiger partial charge in [-0.05, 0) is 46.8 Å². The van der Waals surface area contributed by atoms with E-state index < -0.39 is 5.60 Å². The molecule has 1 aromatic heterocycles.